The first kappa shape index (κ1) is 28.6. The Balaban J connectivity index is 1.04. The lowest BCUT2D eigenvalue weighted by molar-refractivity contribution is -0.149. The number of esters is 1. The lowest BCUT2D eigenvalue weighted by Crippen LogP contribution is -2.48. The quantitative estimate of drug-likeness (QED) is 0.286. The number of nitrogens with one attached hydrogen (secondary N) is 1. The van der Waals surface area contributed by atoms with Crippen molar-refractivity contribution in [2.45, 2.75) is 38.1 Å². The van der Waals surface area contributed by atoms with Crippen molar-refractivity contribution in [1.29, 1.82) is 0 Å². The molecule has 2 N–H and O–H groups in total. The van der Waals surface area contributed by atoms with Crippen LogP contribution in [0.5, 0.6) is 0 Å². The molecule has 226 valence electrons. The van der Waals surface area contributed by atoms with Crippen molar-refractivity contribution in [3.63, 3.8) is 0 Å². The van der Waals surface area contributed by atoms with E-state index < -0.39 is 46.8 Å². The van der Waals surface area contributed by atoms with E-state index in [2.05, 4.69) is 4.98 Å². The van der Waals surface area contributed by atoms with E-state index in [0.29, 0.717) is 42.9 Å². The number of carboxylic acids is 1. The van der Waals surface area contributed by atoms with Crippen molar-refractivity contribution >= 4 is 28.5 Å². The molecule has 3 aliphatic rings. The lowest BCUT2D eigenvalue weighted by atomic mass is 10.1. The summed E-state index contributed by atoms with van der Waals surface area (Å²) in [4.78, 5) is 66.5. The SMILES string of the molecule is Cc1cn(C2C=CC(COC(=O)CN3CCN(c4cc5c(cc4F)c(=O)c(C(=O)O)cn5C4CC4)CC3)O2)c(=O)[nH]c1=O. The van der Waals surface area contributed by atoms with E-state index >= 15 is 4.39 Å². The van der Waals surface area contributed by atoms with Gasteiger partial charge in [-0.05, 0) is 38.0 Å². The van der Waals surface area contributed by atoms with E-state index in [0.717, 1.165) is 18.9 Å². The fraction of sp³-hybridized carbons (Fsp3) is 0.414. The summed E-state index contributed by atoms with van der Waals surface area (Å²) in [5, 5.41) is 9.50. The average molecular weight is 596 g/mol. The number of fused-ring (bicyclic) bond motifs is 1. The van der Waals surface area contributed by atoms with Crippen LogP contribution in [0.25, 0.3) is 10.9 Å². The second kappa shape index (κ2) is 11.3. The number of carbonyl (C=O) groups is 2. The number of pyridine rings is 1. The third-order valence-electron chi connectivity index (χ3n) is 7.97. The van der Waals surface area contributed by atoms with Crippen molar-refractivity contribution < 1.29 is 28.6 Å². The lowest BCUT2D eigenvalue weighted by Gasteiger charge is -2.35. The van der Waals surface area contributed by atoms with Crippen LogP contribution in [0.3, 0.4) is 0 Å². The number of halogens is 1. The topological polar surface area (TPSA) is 156 Å². The van der Waals surface area contributed by atoms with Gasteiger partial charge in [0.05, 0.1) is 17.7 Å². The number of hydrogen-bond donors (Lipinski definition) is 2. The van der Waals surface area contributed by atoms with Crippen LogP contribution in [-0.4, -0.2) is 81.5 Å². The van der Waals surface area contributed by atoms with Crippen molar-refractivity contribution in [1.82, 2.24) is 19.0 Å². The van der Waals surface area contributed by atoms with E-state index in [1.807, 2.05) is 9.80 Å². The van der Waals surface area contributed by atoms with Gasteiger partial charge < -0.3 is 24.0 Å². The fourth-order valence-corrected chi connectivity index (χ4v) is 5.48. The smallest absolute Gasteiger partial charge is 0.341 e. The summed E-state index contributed by atoms with van der Waals surface area (Å²) in [6, 6.07) is 2.82. The third-order valence-corrected chi connectivity index (χ3v) is 7.97. The van der Waals surface area contributed by atoms with Gasteiger partial charge in [0, 0.05) is 55.6 Å². The zero-order chi connectivity index (χ0) is 30.4. The molecule has 2 fully saturated rings. The first-order chi connectivity index (χ1) is 20.6. The van der Waals surface area contributed by atoms with Crippen LogP contribution in [0, 0.1) is 12.7 Å². The number of nitrogens with zero attached hydrogens (tertiary/aromatic N) is 4. The number of carboxylic acid groups (broad SMARTS) is 1. The molecule has 2 aliphatic heterocycles. The molecule has 2 atom stereocenters. The molecule has 2 unspecified atom stereocenters. The number of hydrogen-bond acceptors (Lipinski definition) is 9. The number of aromatic amines is 1. The predicted molar refractivity (Wildman–Crippen MR) is 152 cm³/mol. The van der Waals surface area contributed by atoms with E-state index in [-0.39, 0.29) is 30.1 Å². The molecule has 1 saturated carbocycles. The molecule has 0 bridgehead atoms. The predicted octanol–water partition coefficient (Wildman–Crippen LogP) is 1.15. The highest BCUT2D eigenvalue weighted by molar-refractivity contribution is 5.93. The standard InChI is InChI=1S/C29H30FN5O8/c1-16-12-35(29(41)31-27(16)38)24-5-4-18(43-24)15-42-25(36)14-32-6-8-33(9-7-32)23-11-22-19(10-21(23)30)26(37)20(28(39)40)13-34(22)17-2-3-17/h4-5,10-13,17-18,24H,2-3,6-9,14-15H2,1H3,(H,39,40)(H,31,38,41). The van der Waals surface area contributed by atoms with Crippen LogP contribution in [0.1, 0.15) is 41.0 Å². The minimum Gasteiger partial charge on any atom is -0.477 e. The molecule has 0 amide bonds. The maximum Gasteiger partial charge on any atom is 0.341 e. The highest BCUT2D eigenvalue weighted by atomic mass is 19.1. The largest absolute Gasteiger partial charge is 0.477 e. The number of aromatic carboxylic acids is 1. The zero-order valence-corrected chi connectivity index (χ0v) is 23.3. The van der Waals surface area contributed by atoms with Crippen LogP contribution in [0.2, 0.25) is 0 Å². The molecular weight excluding hydrogens is 565 g/mol. The van der Waals surface area contributed by atoms with Gasteiger partial charge in [-0.15, -0.1) is 0 Å². The molecule has 1 aromatic carbocycles. The highest BCUT2D eigenvalue weighted by Gasteiger charge is 2.29. The van der Waals surface area contributed by atoms with Crippen LogP contribution in [-0.2, 0) is 14.3 Å². The van der Waals surface area contributed by atoms with E-state index in [9.17, 15) is 29.1 Å². The third kappa shape index (κ3) is 5.75. The Kier molecular flexibility index (Phi) is 7.48. The molecule has 1 aliphatic carbocycles. The Morgan fingerprint density at radius 1 is 1.07 bits per heavy atom. The monoisotopic (exact) mass is 595 g/mol. The molecule has 13 nitrogen and oxygen atoms in total. The van der Waals surface area contributed by atoms with Crippen LogP contribution in [0.4, 0.5) is 10.1 Å². The summed E-state index contributed by atoms with van der Waals surface area (Å²) in [5.41, 5.74) is -0.955. The maximum atomic E-state index is 15.2. The number of aromatic nitrogens is 3. The maximum absolute atomic E-state index is 15.2. The summed E-state index contributed by atoms with van der Waals surface area (Å²) in [5.74, 6) is -2.40. The fourth-order valence-electron chi connectivity index (χ4n) is 5.48. The molecule has 6 rings (SSSR count). The van der Waals surface area contributed by atoms with Crippen LogP contribution >= 0.6 is 0 Å². The van der Waals surface area contributed by atoms with Gasteiger partial charge in [-0.2, -0.15) is 0 Å². The first-order valence-corrected chi connectivity index (χ1v) is 14.0. The molecule has 4 heterocycles. The minimum atomic E-state index is -1.34. The number of benzene rings is 1. The summed E-state index contributed by atoms with van der Waals surface area (Å²) in [7, 11) is 0. The molecule has 1 saturated heterocycles. The zero-order valence-electron chi connectivity index (χ0n) is 23.3. The van der Waals surface area contributed by atoms with Crippen molar-refractivity contribution in [2.24, 2.45) is 0 Å². The Labute approximate surface area is 243 Å². The van der Waals surface area contributed by atoms with Gasteiger partial charge in [-0.1, -0.05) is 6.08 Å². The van der Waals surface area contributed by atoms with Crippen LogP contribution < -0.4 is 21.6 Å². The van der Waals surface area contributed by atoms with Gasteiger partial charge in [0.25, 0.3) is 5.56 Å². The van der Waals surface area contributed by atoms with Crippen molar-refractivity contribution in [3.8, 4) is 0 Å². The second-order valence-corrected chi connectivity index (χ2v) is 11.0. The number of aryl methyl sites for hydroxylation is 1. The Morgan fingerprint density at radius 2 is 1.81 bits per heavy atom. The highest BCUT2D eigenvalue weighted by Crippen LogP contribution is 2.38. The summed E-state index contributed by atoms with van der Waals surface area (Å²) < 4.78 is 29.4. The summed E-state index contributed by atoms with van der Waals surface area (Å²) in [6.07, 6.45) is 6.54. The van der Waals surface area contributed by atoms with E-state index in [1.54, 1.807) is 29.7 Å². The van der Waals surface area contributed by atoms with Crippen molar-refractivity contribution in [3.05, 3.63) is 84.7 Å². The molecule has 2 aromatic heterocycles. The summed E-state index contributed by atoms with van der Waals surface area (Å²) >= 11 is 0. The molecule has 0 spiro atoms. The van der Waals surface area contributed by atoms with Gasteiger partial charge in [0.15, 0.2) is 6.23 Å². The van der Waals surface area contributed by atoms with Gasteiger partial charge in [-0.3, -0.25) is 28.8 Å². The van der Waals surface area contributed by atoms with Crippen molar-refractivity contribution in [2.75, 3.05) is 44.2 Å². The number of carbonyl (C=O) groups excluding carboxylic acids is 1. The van der Waals surface area contributed by atoms with Crippen LogP contribution in [0.15, 0.2) is 51.1 Å². The number of anilines is 1. The van der Waals surface area contributed by atoms with Gasteiger partial charge in [-0.25, -0.2) is 14.0 Å². The van der Waals surface area contributed by atoms with Gasteiger partial charge in [0.2, 0.25) is 5.43 Å². The Morgan fingerprint density at radius 3 is 2.51 bits per heavy atom. The van der Waals surface area contributed by atoms with Gasteiger partial charge in [0.1, 0.15) is 24.1 Å². The number of piperazine rings is 1. The molecule has 14 heteroatoms. The first-order valence-electron chi connectivity index (χ1n) is 14.0. The number of rotatable bonds is 8. The molecular formula is C29H30FN5O8. The Bertz CT molecular complexity index is 1820. The van der Waals surface area contributed by atoms with E-state index in [1.165, 1.54) is 17.0 Å². The molecule has 3 aromatic rings. The van der Waals surface area contributed by atoms with E-state index in [4.69, 9.17) is 9.47 Å². The second-order valence-electron chi connectivity index (χ2n) is 11.0. The van der Waals surface area contributed by atoms with Gasteiger partial charge >= 0.3 is 17.6 Å². The molecule has 0 radical (unpaired) electrons. The molecule has 43 heavy (non-hydrogen) atoms. The number of H-pyrrole nitrogens is 1. The Hall–Kier alpha value is -4.56. The number of ether oxygens (including phenoxy) is 2. The normalized spacial score (nSPS) is 20.6. The summed E-state index contributed by atoms with van der Waals surface area (Å²) in [6.45, 7) is 3.37. The minimum absolute atomic E-state index is 0.0334. The average Bonchev–Trinajstić information content (AvgIpc) is 3.71.